The van der Waals surface area contributed by atoms with Crippen molar-refractivity contribution in [1.82, 2.24) is 15.3 Å². The van der Waals surface area contributed by atoms with E-state index < -0.39 is 0 Å². The van der Waals surface area contributed by atoms with Crippen LogP contribution in [0.1, 0.15) is 21.7 Å². The quantitative estimate of drug-likeness (QED) is 0.798. The molecule has 122 valence electrons. The van der Waals surface area contributed by atoms with E-state index in [4.69, 9.17) is 0 Å². The van der Waals surface area contributed by atoms with Crippen molar-refractivity contribution in [2.24, 2.45) is 0 Å². The number of hydrogen-bond acceptors (Lipinski definition) is 5. The fraction of sp³-hybridized carbons (Fsp3) is 0.353. The van der Waals surface area contributed by atoms with Gasteiger partial charge in [-0.25, -0.2) is 9.97 Å². The number of nitrogens with one attached hydrogen (secondary N) is 2. The first kappa shape index (κ1) is 16.7. The number of nitrogens with zero attached hydrogens (tertiary/aromatic N) is 3. The highest BCUT2D eigenvalue weighted by molar-refractivity contribution is 5.95. The standard InChI is InChI=1S/C17H23N5O/c1-12-7-5-6-8-14(12)17(23)19-10-9-18-15-11-16(22(3)4)21-13(2)20-15/h5-8,11H,9-10H2,1-4H3,(H,19,23)(H,18,20,21). The zero-order valence-electron chi connectivity index (χ0n) is 14.1. The van der Waals surface area contributed by atoms with E-state index in [0.29, 0.717) is 24.5 Å². The number of benzene rings is 1. The lowest BCUT2D eigenvalue weighted by atomic mass is 10.1. The average Bonchev–Trinajstić information content (AvgIpc) is 2.51. The van der Waals surface area contributed by atoms with E-state index in [1.807, 2.05) is 63.2 Å². The Kier molecular flexibility index (Phi) is 5.51. The molecule has 0 saturated carbocycles. The number of carbonyl (C=O) groups excluding carboxylic acids is 1. The summed E-state index contributed by atoms with van der Waals surface area (Å²) in [4.78, 5) is 22.7. The van der Waals surface area contributed by atoms with Crippen LogP contribution in [0.2, 0.25) is 0 Å². The third kappa shape index (κ3) is 4.67. The maximum atomic E-state index is 12.1. The second kappa shape index (κ2) is 7.58. The Morgan fingerprint density at radius 2 is 1.87 bits per heavy atom. The number of amides is 1. The van der Waals surface area contributed by atoms with Crippen LogP contribution in [0.25, 0.3) is 0 Å². The van der Waals surface area contributed by atoms with Gasteiger partial charge < -0.3 is 15.5 Å². The van der Waals surface area contributed by atoms with Crippen molar-refractivity contribution in [3.63, 3.8) is 0 Å². The number of rotatable bonds is 6. The minimum absolute atomic E-state index is 0.0576. The number of aryl methyl sites for hydroxylation is 2. The smallest absolute Gasteiger partial charge is 0.251 e. The van der Waals surface area contributed by atoms with E-state index >= 15 is 0 Å². The third-order valence-corrected chi connectivity index (χ3v) is 3.39. The van der Waals surface area contributed by atoms with Crippen LogP contribution in [0.4, 0.5) is 11.6 Å². The van der Waals surface area contributed by atoms with Crippen molar-refractivity contribution >= 4 is 17.5 Å². The molecule has 0 saturated heterocycles. The van der Waals surface area contributed by atoms with E-state index in [9.17, 15) is 4.79 Å². The van der Waals surface area contributed by atoms with Crippen LogP contribution in [0, 0.1) is 13.8 Å². The highest BCUT2D eigenvalue weighted by Crippen LogP contribution is 2.13. The van der Waals surface area contributed by atoms with E-state index in [2.05, 4.69) is 20.6 Å². The maximum absolute atomic E-state index is 12.1. The summed E-state index contributed by atoms with van der Waals surface area (Å²) in [7, 11) is 3.88. The summed E-state index contributed by atoms with van der Waals surface area (Å²) in [5.41, 5.74) is 1.68. The highest BCUT2D eigenvalue weighted by Gasteiger charge is 2.07. The average molecular weight is 313 g/mol. The molecule has 23 heavy (non-hydrogen) atoms. The topological polar surface area (TPSA) is 70.2 Å². The van der Waals surface area contributed by atoms with E-state index in [1.165, 1.54) is 0 Å². The molecule has 6 heteroatoms. The van der Waals surface area contributed by atoms with Gasteiger partial charge in [-0.15, -0.1) is 0 Å². The summed E-state index contributed by atoms with van der Waals surface area (Å²) < 4.78 is 0. The molecule has 1 amide bonds. The zero-order chi connectivity index (χ0) is 16.8. The van der Waals surface area contributed by atoms with E-state index in [1.54, 1.807) is 0 Å². The Labute approximate surface area is 137 Å². The molecule has 6 nitrogen and oxygen atoms in total. The van der Waals surface area contributed by atoms with Crippen LogP contribution in [0.5, 0.6) is 0 Å². The molecule has 1 aromatic carbocycles. The minimum atomic E-state index is -0.0576. The van der Waals surface area contributed by atoms with Crippen LogP contribution in [0.15, 0.2) is 30.3 Å². The van der Waals surface area contributed by atoms with E-state index in [-0.39, 0.29) is 5.91 Å². The van der Waals surface area contributed by atoms with Gasteiger partial charge in [0.2, 0.25) is 0 Å². The predicted molar refractivity (Wildman–Crippen MR) is 93.1 cm³/mol. The van der Waals surface area contributed by atoms with Gasteiger partial charge in [-0.2, -0.15) is 0 Å². The predicted octanol–water partition coefficient (Wildman–Crippen LogP) is 2.00. The third-order valence-electron chi connectivity index (χ3n) is 3.39. The van der Waals surface area contributed by atoms with Crippen LogP contribution in [-0.4, -0.2) is 43.1 Å². The molecule has 2 aromatic rings. The first-order valence-electron chi connectivity index (χ1n) is 7.58. The van der Waals surface area contributed by atoms with Crippen LogP contribution in [0.3, 0.4) is 0 Å². The summed E-state index contributed by atoms with van der Waals surface area (Å²) in [6.45, 7) is 4.91. The number of carbonyl (C=O) groups is 1. The molecule has 0 aliphatic carbocycles. The molecular weight excluding hydrogens is 290 g/mol. The van der Waals surface area contributed by atoms with Crippen LogP contribution < -0.4 is 15.5 Å². The van der Waals surface area contributed by atoms with Crippen LogP contribution in [-0.2, 0) is 0 Å². The van der Waals surface area contributed by atoms with Gasteiger partial charge in [0.15, 0.2) is 0 Å². The van der Waals surface area contributed by atoms with Gasteiger partial charge in [-0.3, -0.25) is 4.79 Å². The fourth-order valence-electron chi connectivity index (χ4n) is 2.16. The molecule has 1 aromatic heterocycles. The highest BCUT2D eigenvalue weighted by atomic mass is 16.1. The molecule has 2 rings (SSSR count). The van der Waals surface area contributed by atoms with Gasteiger partial charge in [0.1, 0.15) is 17.5 Å². The SMILES string of the molecule is Cc1nc(NCCNC(=O)c2ccccc2C)cc(N(C)C)n1. The van der Waals surface area contributed by atoms with Gasteiger partial charge in [0, 0.05) is 38.8 Å². The molecule has 0 atom stereocenters. The summed E-state index contributed by atoms with van der Waals surface area (Å²) >= 11 is 0. The maximum Gasteiger partial charge on any atom is 0.251 e. The minimum Gasteiger partial charge on any atom is -0.368 e. The summed E-state index contributed by atoms with van der Waals surface area (Å²) in [6, 6.07) is 9.44. The van der Waals surface area contributed by atoms with Crippen molar-refractivity contribution in [3.8, 4) is 0 Å². The molecule has 0 radical (unpaired) electrons. The summed E-state index contributed by atoms with van der Waals surface area (Å²) in [5.74, 6) is 2.26. The molecule has 1 heterocycles. The lowest BCUT2D eigenvalue weighted by Gasteiger charge is -2.14. The Morgan fingerprint density at radius 3 is 2.57 bits per heavy atom. The van der Waals surface area contributed by atoms with Crippen molar-refractivity contribution in [3.05, 3.63) is 47.3 Å². The largest absolute Gasteiger partial charge is 0.368 e. The first-order chi connectivity index (χ1) is 11.0. The van der Waals surface area contributed by atoms with Crippen LogP contribution >= 0.6 is 0 Å². The second-order valence-corrected chi connectivity index (χ2v) is 5.55. The lowest BCUT2D eigenvalue weighted by molar-refractivity contribution is 0.0954. The first-order valence-corrected chi connectivity index (χ1v) is 7.58. The van der Waals surface area contributed by atoms with Crippen molar-refractivity contribution < 1.29 is 4.79 Å². The number of anilines is 2. The molecule has 2 N–H and O–H groups in total. The van der Waals surface area contributed by atoms with Gasteiger partial charge in [-0.1, -0.05) is 18.2 Å². The summed E-state index contributed by atoms with van der Waals surface area (Å²) in [6.07, 6.45) is 0. The number of aromatic nitrogens is 2. The Hall–Kier alpha value is -2.63. The Morgan fingerprint density at radius 1 is 1.13 bits per heavy atom. The lowest BCUT2D eigenvalue weighted by Crippen LogP contribution is -2.29. The zero-order valence-corrected chi connectivity index (χ0v) is 14.1. The molecule has 0 aliphatic heterocycles. The van der Waals surface area contributed by atoms with Gasteiger partial charge in [0.25, 0.3) is 5.91 Å². The molecule has 0 fully saturated rings. The number of hydrogen-bond donors (Lipinski definition) is 2. The van der Waals surface area contributed by atoms with Crippen molar-refractivity contribution in [2.75, 3.05) is 37.4 Å². The molecule has 0 aliphatic rings. The molecule has 0 bridgehead atoms. The van der Waals surface area contributed by atoms with Gasteiger partial charge >= 0.3 is 0 Å². The summed E-state index contributed by atoms with van der Waals surface area (Å²) in [5, 5.41) is 6.12. The molecule has 0 spiro atoms. The fourth-order valence-corrected chi connectivity index (χ4v) is 2.16. The Balaban J connectivity index is 1.86. The van der Waals surface area contributed by atoms with E-state index in [0.717, 1.165) is 17.2 Å². The van der Waals surface area contributed by atoms with Crippen molar-refractivity contribution in [2.45, 2.75) is 13.8 Å². The Bertz CT molecular complexity index is 684. The normalized spacial score (nSPS) is 10.3. The van der Waals surface area contributed by atoms with Crippen molar-refractivity contribution in [1.29, 1.82) is 0 Å². The molecular formula is C17H23N5O. The molecule has 0 unspecified atom stereocenters. The van der Waals surface area contributed by atoms with Gasteiger partial charge in [-0.05, 0) is 25.5 Å². The second-order valence-electron chi connectivity index (χ2n) is 5.55. The van der Waals surface area contributed by atoms with Gasteiger partial charge in [0.05, 0.1) is 0 Å². The monoisotopic (exact) mass is 313 g/mol.